The van der Waals surface area contributed by atoms with Crippen LogP contribution in [0.5, 0.6) is 0 Å². The molecule has 1 heterocycles. The lowest BCUT2D eigenvalue weighted by molar-refractivity contribution is 0.0305. The summed E-state index contributed by atoms with van der Waals surface area (Å²) >= 11 is 6.16. The van der Waals surface area contributed by atoms with Gasteiger partial charge in [-0.25, -0.2) is 0 Å². The molecular formula is C15H23ClN2O2. The Hall–Kier alpha value is -0.870. The number of nitrogens with zero attached hydrogens (tertiary/aromatic N) is 2. The first-order valence-electron chi connectivity index (χ1n) is 7.47. The molecule has 20 heavy (non-hydrogen) atoms. The van der Waals surface area contributed by atoms with Crippen molar-refractivity contribution in [2.75, 3.05) is 7.11 Å². The standard InChI is InChI=1S/C15H23ClN2O2/c1-3-9-18-13(12(16)10-17-18)14(19)15(20-2)11-7-5-4-6-8-11/h10-11,15H,3-9H2,1-2H3. The van der Waals surface area contributed by atoms with Crippen molar-refractivity contribution in [3.63, 3.8) is 0 Å². The molecule has 1 aliphatic carbocycles. The molecular weight excluding hydrogens is 276 g/mol. The van der Waals surface area contributed by atoms with Gasteiger partial charge in [-0.2, -0.15) is 5.10 Å². The largest absolute Gasteiger partial charge is 0.373 e. The predicted octanol–water partition coefficient (Wildman–Crippen LogP) is 3.72. The second kappa shape index (κ2) is 7.23. The van der Waals surface area contributed by atoms with Crippen molar-refractivity contribution < 1.29 is 9.53 Å². The summed E-state index contributed by atoms with van der Waals surface area (Å²) < 4.78 is 7.22. The summed E-state index contributed by atoms with van der Waals surface area (Å²) in [6.07, 6.45) is 7.82. The molecule has 0 saturated heterocycles. The Morgan fingerprint density at radius 1 is 1.50 bits per heavy atom. The molecule has 1 aromatic rings. The van der Waals surface area contributed by atoms with E-state index in [2.05, 4.69) is 12.0 Å². The highest BCUT2D eigenvalue weighted by molar-refractivity contribution is 6.33. The van der Waals surface area contributed by atoms with Crippen LogP contribution in [0.15, 0.2) is 6.20 Å². The number of Topliss-reactive ketones (excluding diaryl/α,β-unsaturated/α-hetero) is 1. The van der Waals surface area contributed by atoms with Crippen LogP contribution in [0.25, 0.3) is 0 Å². The van der Waals surface area contributed by atoms with Crippen molar-refractivity contribution in [2.45, 2.75) is 58.1 Å². The van der Waals surface area contributed by atoms with Crippen LogP contribution in [-0.2, 0) is 11.3 Å². The smallest absolute Gasteiger partial charge is 0.211 e. The zero-order chi connectivity index (χ0) is 14.5. The molecule has 0 spiro atoms. The minimum atomic E-state index is -0.389. The van der Waals surface area contributed by atoms with E-state index in [1.807, 2.05) is 0 Å². The van der Waals surface area contributed by atoms with E-state index in [0.29, 0.717) is 23.2 Å². The zero-order valence-corrected chi connectivity index (χ0v) is 13.0. The lowest BCUT2D eigenvalue weighted by Crippen LogP contribution is -2.34. The van der Waals surface area contributed by atoms with Crippen LogP contribution >= 0.6 is 11.6 Å². The van der Waals surface area contributed by atoms with Gasteiger partial charge in [-0.1, -0.05) is 37.8 Å². The Morgan fingerprint density at radius 2 is 2.20 bits per heavy atom. The van der Waals surface area contributed by atoms with Gasteiger partial charge in [0.1, 0.15) is 11.8 Å². The number of carbonyl (C=O) groups excluding carboxylic acids is 1. The number of hydrogen-bond donors (Lipinski definition) is 0. The van der Waals surface area contributed by atoms with Crippen molar-refractivity contribution in [1.29, 1.82) is 0 Å². The molecule has 0 aliphatic heterocycles. The van der Waals surface area contributed by atoms with Gasteiger partial charge in [-0.3, -0.25) is 9.48 Å². The first-order valence-corrected chi connectivity index (χ1v) is 7.85. The van der Waals surface area contributed by atoms with Gasteiger partial charge in [-0.15, -0.1) is 0 Å². The Bertz CT molecular complexity index is 453. The minimum absolute atomic E-state index is 0.0182. The van der Waals surface area contributed by atoms with Gasteiger partial charge >= 0.3 is 0 Å². The average Bonchev–Trinajstić information content (AvgIpc) is 2.82. The molecule has 1 fully saturated rings. The zero-order valence-electron chi connectivity index (χ0n) is 12.3. The highest BCUT2D eigenvalue weighted by Gasteiger charge is 2.33. The maximum absolute atomic E-state index is 12.8. The maximum atomic E-state index is 12.8. The summed E-state index contributed by atoms with van der Waals surface area (Å²) in [5.74, 6) is 0.289. The maximum Gasteiger partial charge on any atom is 0.211 e. The quantitative estimate of drug-likeness (QED) is 0.752. The molecule has 1 unspecified atom stereocenters. The van der Waals surface area contributed by atoms with E-state index in [9.17, 15) is 4.79 Å². The second-order valence-corrected chi connectivity index (χ2v) is 5.89. The lowest BCUT2D eigenvalue weighted by atomic mass is 9.83. The highest BCUT2D eigenvalue weighted by Crippen LogP contribution is 2.30. The monoisotopic (exact) mass is 298 g/mol. The van der Waals surface area contributed by atoms with Crippen molar-refractivity contribution in [1.82, 2.24) is 9.78 Å². The third kappa shape index (κ3) is 3.23. The van der Waals surface area contributed by atoms with Crippen LogP contribution in [0.4, 0.5) is 0 Å². The summed E-state index contributed by atoms with van der Waals surface area (Å²) in [5.41, 5.74) is 0.506. The molecule has 1 aromatic heterocycles. The number of hydrogen-bond acceptors (Lipinski definition) is 3. The molecule has 5 heteroatoms. The second-order valence-electron chi connectivity index (χ2n) is 5.48. The van der Waals surface area contributed by atoms with Crippen LogP contribution in [-0.4, -0.2) is 28.8 Å². The Morgan fingerprint density at radius 3 is 2.80 bits per heavy atom. The number of ketones is 1. The molecule has 0 aromatic carbocycles. The molecule has 112 valence electrons. The van der Waals surface area contributed by atoms with Crippen molar-refractivity contribution in [3.8, 4) is 0 Å². The van der Waals surface area contributed by atoms with Gasteiger partial charge < -0.3 is 4.74 Å². The number of ether oxygens (including phenoxy) is 1. The number of carbonyl (C=O) groups is 1. The van der Waals surface area contributed by atoms with Gasteiger partial charge in [0.15, 0.2) is 0 Å². The summed E-state index contributed by atoms with van der Waals surface area (Å²) in [6, 6.07) is 0. The molecule has 1 atom stereocenters. The third-order valence-corrected chi connectivity index (χ3v) is 4.33. The Kier molecular flexibility index (Phi) is 5.61. The van der Waals surface area contributed by atoms with Crippen LogP contribution in [0.1, 0.15) is 55.9 Å². The van der Waals surface area contributed by atoms with E-state index >= 15 is 0 Å². The summed E-state index contributed by atoms with van der Waals surface area (Å²) in [6.45, 7) is 2.76. The molecule has 0 amide bonds. The van der Waals surface area contributed by atoms with Gasteiger partial charge in [0, 0.05) is 13.7 Å². The minimum Gasteiger partial charge on any atom is -0.373 e. The van der Waals surface area contributed by atoms with E-state index in [4.69, 9.17) is 16.3 Å². The number of aromatic nitrogens is 2. The van der Waals surface area contributed by atoms with Crippen LogP contribution in [0.2, 0.25) is 5.02 Å². The third-order valence-electron chi connectivity index (χ3n) is 4.05. The fourth-order valence-corrected chi connectivity index (χ4v) is 3.31. The van der Waals surface area contributed by atoms with Gasteiger partial charge in [0.25, 0.3) is 0 Å². The number of methoxy groups -OCH3 is 1. The first kappa shape index (κ1) is 15.5. The SMILES string of the molecule is CCCn1ncc(Cl)c1C(=O)C(OC)C1CCCCC1. The van der Waals surface area contributed by atoms with E-state index in [1.54, 1.807) is 18.0 Å². The molecule has 1 saturated carbocycles. The number of aryl methyl sites for hydroxylation is 1. The van der Waals surface area contributed by atoms with E-state index in [0.717, 1.165) is 19.3 Å². The summed E-state index contributed by atoms with van der Waals surface area (Å²) in [7, 11) is 1.62. The summed E-state index contributed by atoms with van der Waals surface area (Å²) in [5, 5.41) is 4.63. The Labute approximate surface area is 125 Å². The normalized spacial score (nSPS) is 18.1. The van der Waals surface area contributed by atoms with Gasteiger partial charge in [-0.05, 0) is 25.2 Å². The topological polar surface area (TPSA) is 44.1 Å². The molecule has 0 radical (unpaired) electrons. The van der Waals surface area contributed by atoms with E-state index in [-0.39, 0.29) is 11.9 Å². The first-order chi connectivity index (χ1) is 9.69. The fraction of sp³-hybridized carbons (Fsp3) is 0.733. The van der Waals surface area contributed by atoms with Crippen LogP contribution in [0.3, 0.4) is 0 Å². The molecule has 0 bridgehead atoms. The van der Waals surface area contributed by atoms with Crippen molar-refractivity contribution in [2.24, 2.45) is 5.92 Å². The predicted molar refractivity (Wildman–Crippen MR) is 79.2 cm³/mol. The van der Waals surface area contributed by atoms with Crippen LogP contribution < -0.4 is 0 Å². The number of halogens is 1. The van der Waals surface area contributed by atoms with E-state index < -0.39 is 0 Å². The number of rotatable bonds is 6. The van der Waals surface area contributed by atoms with E-state index in [1.165, 1.54) is 19.3 Å². The van der Waals surface area contributed by atoms with Crippen molar-refractivity contribution in [3.05, 3.63) is 16.9 Å². The lowest BCUT2D eigenvalue weighted by Gasteiger charge is -2.28. The average molecular weight is 299 g/mol. The molecule has 4 nitrogen and oxygen atoms in total. The van der Waals surface area contributed by atoms with Gasteiger partial charge in [0.2, 0.25) is 5.78 Å². The molecule has 2 rings (SSSR count). The highest BCUT2D eigenvalue weighted by atomic mass is 35.5. The molecule has 1 aliphatic rings. The summed E-state index contributed by atoms with van der Waals surface area (Å²) in [4.78, 5) is 12.8. The molecule has 0 N–H and O–H groups in total. The van der Waals surface area contributed by atoms with Crippen molar-refractivity contribution >= 4 is 17.4 Å². The van der Waals surface area contributed by atoms with Gasteiger partial charge in [0.05, 0.1) is 11.2 Å². The fourth-order valence-electron chi connectivity index (χ4n) is 3.07. The van der Waals surface area contributed by atoms with Crippen LogP contribution in [0, 0.1) is 5.92 Å². The Balaban J connectivity index is 2.21.